The summed E-state index contributed by atoms with van der Waals surface area (Å²) in [5.41, 5.74) is 1.99. The number of nitrogens with zero attached hydrogens (tertiary/aromatic N) is 1. The maximum Gasteiger partial charge on any atom is 0.224 e. The number of methoxy groups -OCH3 is 1. The highest BCUT2D eigenvalue weighted by atomic mass is 127. The molecule has 7 heteroatoms. The molecule has 6 nitrogen and oxygen atoms in total. The minimum absolute atomic E-state index is 0. The van der Waals surface area contributed by atoms with Crippen LogP contribution in [0.25, 0.3) is 0 Å². The first-order valence-corrected chi connectivity index (χ1v) is 9.16. The number of hydrogen-bond donors (Lipinski definition) is 3. The molecule has 0 heterocycles. The van der Waals surface area contributed by atoms with E-state index in [1.165, 1.54) is 0 Å². The Bertz CT molecular complexity index is 583. The predicted molar refractivity (Wildman–Crippen MR) is 124 cm³/mol. The van der Waals surface area contributed by atoms with Crippen molar-refractivity contribution in [3.63, 3.8) is 0 Å². The lowest BCUT2D eigenvalue weighted by Crippen LogP contribution is -2.45. The Morgan fingerprint density at radius 1 is 1.19 bits per heavy atom. The topological polar surface area (TPSA) is 74.8 Å². The second-order valence-corrected chi connectivity index (χ2v) is 7.39. The Balaban J connectivity index is 0.00000676. The fraction of sp³-hybridized carbons (Fsp3) is 0.600. The third kappa shape index (κ3) is 9.95. The van der Waals surface area contributed by atoms with Crippen molar-refractivity contribution < 1.29 is 9.53 Å². The Kier molecular flexibility index (Phi) is 12.3. The molecule has 1 atom stereocenters. The number of aliphatic imine (C=N–C) groups is 1. The summed E-state index contributed by atoms with van der Waals surface area (Å²) < 4.78 is 5.55. The van der Waals surface area contributed by atoms with E-state index in [-0.39, 0.29) is 41.4 Å². The second-order valence-electron chi connectivity index (χ2n) is 7.39. The zero-order valence-electron chi connectivity index (χ0n) is 17.4. The Hall–Kier alpha value is -1.35. The maximum atomic E-state index is 11.6. The molecule has 0 saturated heterocycles. The molecule has 0 saturated carbocycles. The van der Waals surface area contributed by atoms with Crippen LogP contribution in [0.2, 0.25) is 0 Å². The van der Waals surface area contributed by atoms with E-state index in [1.807, 2.05) is 31.2 Å². The third-order valence-corrected chi connectivity index (χ3v) is 4.10. The van der Waals surface area contributed by atoms with Crippen LogP contribution in [-0.2, 0) is 16.1 Å². The summed E-state index contributed by atoms with van der Waals surface area (Å²) in [5, 5.41) is 9.49. The van der Waals surface area contributed by atoms with E-state index in [0.717, 1.165) is 23.6 Å². The van der Waals surface area contributed by atoms with Gasteiger partial charge in [0.25, 0.3) is 0 Å². The number of guanidine groups is 1. The zero-order chi connectivity index (χ0) is 19.6. The summed E-state index contributed by atoms with van der Waals surface area (Å²) in [6, 6.07) is 7.83. The molecule has 1 rings (SSSR count). The van der Waals surface area contributed by atoms with Crippen LogP contribution < -0.4 is 16.0 Å². The lowest BCUT2D eigenvalue weighted by atomic mass is 9.89. The van der Waals surface area contributed by atoms with Crippen LogP contribution in [-0.4, -0.2) is 38.7 Å². The normalized spacial score (nSPS) is 12.7. The summed E-state index contributed by atoms with van der Waals surface area (Å²) in [6.45, 7) is 9.78. The molecule has 0 fully saturated rings. The summed E-state index contributed by atoms with van der Waals surface area (Å²) in [4.78, 5) is 15.9. The number of ether oxygens (including phenoxy) is 1. The van der Waals surface area contributed by atoms with Gasteiger partial charge >= 0.3 is 0 Å². The molecule has 1 amide bonds. The number of hydrogen-bond acceptors (Lipinski definition) is 3. The predicted octanol–water partition coefficient (Wildman–Crippen LogP) is 3.77. The van der Waals surface area contributed by atoms with Gasteiger partial charge in [0.15, 0.2) is 5.96 Å². The first kappa shape index (κ1) is 25.6. The fourth-order valence-corrected chi connectivity index (χ4v) is 2.50. The van der Waals surface area contributed by atoms with E-state index in [0.29, 0.717) is 19.5 Å². The number of carbonyl (C=O) groups is 1. The number of anilines is 1. The smallest absolute Gasteiger partial charge is 0.224 e. The number of rotatable bonds is 8. The van der Waals surface area contributed by atoms with Crippen molar-refractivity contribution in [2.75, 3.05) is 26.0 Å². The molecule has 3 N–H and O–H groups in total. The molecular weight excluding hydrogens is 455 g/mol. The molecule has 154 valence electrons. The number of benzene rings is 1. The molecule has 27 heavy (non-hydrogen) atoms. The van der Waals surface area contributed by atoms with Gasteiger partial charge in [0.05, 0.1) is 6.10 Å². The second kappa shape index (κ2) is 12.9. The Morgan fingerprint density at radius 2 is 1.81 bits per heavy atom. The van der Waals surface area contributed by atoms with E-state index in [1.54, 1.807) is 14.2 Å². The van der Waals surface area contributed by atoms with Crippen LogP contribution in [0.4, 0.5) is 5.69 Å². The highest BCUT2D eigenvalue weighted by molar-refractivity contribution is 14.0. The molecule has 0 aliphatic rings. The lowest BCUT2D eigenvalue weighted by Gasteiger charge is -2.30. The molecule has 1 aromatic carbocycles. The lowest BCUT2D eigenvalue weighted by molar-refractivity contribution is -0.116. The highest BCUT2D eigenvalue weighted by Gasteiger charge is 2.24. The molecule has 0 bridgehead atoms. The fourth-order valence-electron chi connectivity index (χ4n) is 2.50. The van der Waals surface area contributed by atoms with Crippen LogP contribution in [0.3, 0.4) is 0 Å². The average molecular weight is 490 g/mol. The van der Waals surface area contributed by atoms with Crippen molar-refractivity contribution in [3.8, 4) is 0 Å². The average Bonchev–Trinajstić information content (AvgIpc) is 2.58. The molecule has 1 aromatic rings. The van der Waals surface area contributed by atoms with Gasteiger partial charge in [-0.2, -0.15) is 0 Å². The van der Waals surface area contributed by atoms with E-state index in [2.05, 4.69) is 41.7 Å². The van der Waals surface area contributed by atoms with Crippen LogP contribution in [0, 0.1) is 5.41 Å². The summed E-state index contributed by atoms with van der Waals surface area (Å²) in [5.74, 6) is 0.783. The zero-order valence-corrected chi connectivity index (χ0v) is 19.7. The van der Waals surface area contributed by atoms with Crippen LogP contribution in [0.15, 0.2) is 29.3 Å². The van der Waals surface area contributed by atoms with Gasteiger partial charge in [0.2, 0.25) is 5.91 Å². The minimum atomic E-state index is 0. The van der Waals surface area contributed by atoms with E-state index in [9.17, 15) is 4.79 Å². The van der Waals surface area contributed by atoms with Crippen LogP contribution in [0.1, 0.15) is 46.1 Å². The molecule has 1 unspecified atom stereocenters. The quantitative estimate of drug-likeness (QED) is 0.295. The van der Waals surface area contributed by atoms with Gasteiger partial charge in [-0.15, -0.1) is 24.0 Å². The number of amides is 1. The minimum Gasteiger partial charge on any atom is -0.379 e. The molecular formula is C20H35IN4O2. The Labute approximate surface area is 181 Å². The van der Waals surface area contributed by atoms with Gasteiger partial charge in [-0.3, -0.25) is 9.79 Å². The molecule has 0 spiro atoms. The molecule has 0 aliphatic carbocycles. The van der Waals surface area contributed by atoms with Crippen molar-refractivity contribution in [2.45, 2.75) is 53.2 Å². The van der Waals surface area contributed by atoms with E-state index < -0.39 is 0 Å². The molecule has 0 radical (unpaired) electrons. The number of nitrogens with one attached hydrogen (secondary N) is 3. The van der Waals surface area contributed by atoms with E-state index >= 15 is 0 Å². The van der Waals surface area contributed by atoms with Gasteiger partial charge in [-0.05, 0) is 29.5 Å². The first-order valence-electron chi connectivity index (χ1n) is 9.16. The summed E-state index contributed by atoms with van der Waals surface area (Å²) in [6.07, 6.45) is 1.48. The summed E-state index contributed by atoms with van der Waals surface area (Å²) in [7, 11) is 3.48. The van der Waals surface area contributed by atoms with Gasteiger partial charge in [-0.1, -0.05) is 39.8 Å². The third-order valence-electron chi connectivity index (χ3n) is 4.10. The van der Waals surface area contributed by atoms with Crippen molar-refractivity contribution in [1.82, 2.24) is 10.6 Å². The van der Waals surface area contributed by atoms with Crippen molar-refractivity contribution >= 4 is 41.5 Å². The maximum absolute atomic E-state index is 11.6. The van der Waals surface area contributed by atoms with Gasteiger partial charge in [0.1, 0.15) is 0 Å². The van der Waals surface area contributed by atoms with E-state index in [4.69, 9.17) is 4.74 Å². The largest absolute Gasteiger partial charge is 0.379 e. The van der Waals surface area contributed by atoms with Gasteiger partial charge in [0, 0.05) is 39.4 Å². The standard InChI is InChI=1S/C20H34N4O2.HI/c1-7-8-18(25)24-16-11-9-15(10-12-16)13-22-19(21-5)23-14-17(26-6)20(2,3)4;/h9-12,17H,7-8,13-14H2,1-6H3,(H,24,25)(H2,21,22,23);1H. The van der Waals surface area contributed by atoms with Gasteiger partial charge < -0.3 is 20.7 Å². The number of carbonyl (C=O) groups excluding carboxylic acids is 1. The van der Waals surface area contributed by atoms with Crippen LogP contribution in [0.5, 0.6) is 0 Å². The van der Waals surface area contributed by atoms with Crippen molar-refractivity contribution in [1.29, 1.82) is 0 Å². The highest BCUT2D eigenvalue weighted by Crippen LogP contribution is 2.20. The van der Waals surface area contributed by atoms with Crippen molar-refractivity contribution in [3.05, 3.63) is 29.8 Å². The van der Waals surface area contributed by atoms with Crippen molar-refractivity contribution in [2.24, 2.45) is 10.4 Å². The van der Waals surface area contributed by atoms with Crippen LogP contribution >= 0.6 is 24.0 Å². The molecule has 0 aliphatic heterocycles. The van der Waals surface area contributed by atoms with Gasteiger partial charge in [-0.25, -0.2) is 0 Å². The molecule has 0 aromatic heterocycles. The monoisotopic (exact) mass is 490 g/mol. The number of halogens is 1. The summed E-state index contributed by atoms with van der Waals surface area (Å²) >= 11 is 0. The Morgan fingerprint density at radius 3 is 2.30 bits per heavy atom. The SMILES string of the molecule is CCCC(=O)Nc1ccc(CNC(=NC)NCC(OC)C(C)(C)C)cc1.I. The first-order chi connectivity index (χ1) is 12.3.